The molecule has 0 amide bonds. The zero-order valence-corrected chi connectivity index (χ0v) is 10.5. The minimum absolute atomic E-state index is 0.0271. The molecule has 2 aromatic rings. The first-order valence-electron chi connectivity index (χ1n) is 5.82. The van der Waals surface area contributed by atoms with Crippen LogP contribution in [0.25, 0.3) is 11.3 Å². The largest absolute Gasteiger partial charge is 0.461 e. The van der Waals surface area contributed by atoms with Crippen molar-refractivity contribution in [1.29, 1.82) is 0 Å². The second-order valence-electron chi connectivity index (χ2n) is 3.97. The smallest absolute Gasteiger partial charge is 0.416 e. The first kappa shape index (κ1) is 14.1. The molecule has 1 aromatic heterocycles. The number of hydrogen-bond acceptors (Lipinski definition) is 3. The highest BCUT2D eigenvalue weighted by molar-refractivity contribution is 5.88. The summed E-state index contributed by atoms with van der Waals surface area (Å²) in [4.78, 5) is 11.4. The van der Waals surface area contributed by atoms with E-state index in [0.29, 0.717) is 11.3 Å². The maximum Gasteiger partial charge on any atom is 0.416 e. The number of aromatic amines is 1. The monoisotopic (exact) mass is 284 g/mol. The lowest BCUT2D eigenvalue weighted by molar-refractivity contribution is -0.137. The Morgan fingerprint density at radius 1 is 1.35 bits per heavy atom. The number of nitrogens with one attached hydrogen (secondary N) is 1. The number of nitrogens with zero attached hydrogens (tertiary/aromatic N) is 1. The fourth-order valence-corrected chi connectivity index (χ4v) is 1.64. The third kappa shape index (κ3) is 2.98. The summed E-state index contributed by atoms with van der Waals surface area (Å²) >= 11 is 0. The highest BCUT2D eigenvalue weighted by atomic mass is 19.4. The van der Waals surface area contributed by atoms with Crippen LogP contribution in [0.2, 0.25) is 0 Å². The molecule has 0 radical (unpaired) electrons. The van der Waals surface area contributed by atoms with E-state index in [1.54, 1.807) is 6.92 Å². The normalized spacial score (nSPS) is 11.4. The Morgan fingerprint density at radius 2 is 2.10 bits per heavy atom. The van der Waals surface area contributed by atoms with Gasteiger partial charge in [0.1, 0.15) is 0 Å². The van der Waals surface area contributed by atoms with Crippen molar-refractivity contribution in [1.82, 2.24) is 10.2 Å². The molecule has 1 aromatic carbocycles. The molecule has 20 heavy (non-hydrogen) atoms. The molecule has 0 atom stereocenters. The van der Waals surface area contributed by atoms with Gasteiger partial charge in [0.25, 0.3) is 0 Å². The van der Waals surface area contributed by atoms with Crippen LogP contribution < -0.4 is 0 Å². The number of H-pyrrole nitrogens is 1. The molecule has 0 saturated carbocycles. The third-order valence-electron chi connectivity index (χ3n) is 2.56. The Bertz CT molecular complexity index is 620. The molecule has 1 N–H and O–H groups in total. The van der Waals surface area contributed by atoms with Gasteiger partial charge in [0.15, 0.2) is 5.69 Å². The van der Waals surface area contributed by atoms with Gasteiger partial charge in [-0.15, -0.1) is 0 Å². The molecule has 1 heterocycles. The van der Waals surface area contributed by atoms with E-state index in [-0.39, 0.29) is 12.3 Å². The number of esters is 1. The minimum atomic E-state index is -4.42. The van der Waals surface area contributed by atoms with Gasteiger partial charge >= 0.3 is 12.1 Å². The van der Waals surface area contributed by atoms with Gasteiger partial charge in [-0.25, -0.2) is 4.79 Å². The zero-order valence-electron chi connectivity index (χ0n) is 10.5. The molecule has 106 valence electrons. The fourth-order valence-electron chi connectivity index (χ4n) is 1.64. The lowest BCUT2D eigenvalue weighted by Crippen LogP contribution is -2.04. The first-order chi connectivity index (χ1) is 9.41. The fraction of sp³-hybridized carbons (Fsp3) is 0.231. The Balaban J connectivity index is 2.31. The summed E-state index contributed by atoms with van der Waals surface area (Å²) in [6.07, 6.45) is -4.42. The van der Waals surface area contributed by atoms with Gasteiger partial charge in [-0.05, 0) is 25.1 Å². The molecule has 2 rings (SSSR count). The van der Waals surface area contributed by atoms with E-state index in [9.17, 15) is 18.0 Å². The maximum atomic E-state index is 12.6. The summed E-state index contributed by atoms with van der Waals surface area (Å²) in [7, 11) is 0. The SMILES string of the molecule is CCOC(=O)c1cc(-c2cccc(C(F)(F)F)c2)[nH]n1. The number of ether oxygens (including phenoxy) is 1. The van der Waals surface area contributed by atoms with Gasteiger partial charge in [0.05, 0.1) is 17.9 Å². The summed E-state index contributed by atoms with van der Waals surface area (Å²) < 4.78 is 42.6. The Labute approximate surface area is 112 Å². The number of benzene rings is 1. The summed E-state index contributed by atoms with van der Waals surface area (Å²) in [5, 5.41) is 6.24. The molecular formula is C13H11F3N2O2. The van der Waals surface area contributed by atoms with Gasteiger partial charge in [-0.2, -0.15) is 18.3 Å². The number of alkyl halides is 3. The van der Waals surface area contributed by atoms with Crippen molar-refractivity contribution in [2.75, 3.05) is 6.61 Å². The molecule has 0 aliphatic carbocycles. The highest BCUT2D eigenvalue weighted by Crippen LogP contribution is 2.31. The lowest BCUT2D eigenvalue weighted by atomic mass is 10.1. The van der Waals surface area contributed by atoms with E-state index in [4.69, 9.17) is 4.74 Å². The van der Waals surface area contributed by atoms with Crippen molar-refractivity contribution in [2.24, 2.45) is 0 Å². The van der Waals surface area contributed by atoms with Crippen LogP contribution in [-0.4, -0.2) is 22.8 Å². The van der Waals surface area contributed by atoms with Gasteiger partial charge in [-0.3, -0.25) is 5.10 Å². The van der Waals surface area contributed by atoms with Crippen LogP contribution in [0.5, 0.6) is 0 Å². The van der Waals surface area contributed by atoms with E-state index in [1.165, 1.54) is 18.2 Å². The van der Waals surface area contributed by atoms with Gasteiger partial charge < -0.3 is 4.74 Å². The molecule has 0 spiro atoms. The van der Waals surface area contributed by atoms with E-state index < -0.39 is 17.7 Å². The molecule has 4 nitrogen and oxygen atoms in total. The van der Waals surface area contributed by atoms with E-state index in [2.05, 4.69) is 10.2 Å². The molecule has 0 aliphatic heterocycles. The quantitative estimate of drug-likeness (QED) is 0.880. The summed E-state index contributed by atoms with van der Waals surface area (Å²) in [6, 6.07) is 6.11. The molecular weight excluding hydrogens is 273 g/mol. The Kier molecular flexibility index (Phi) is 3.78. The van der Waals surface area contributed by atoms with Crippen LogP contribution in [0.15, 0.2) is 30.3 Å². The average Bonchev–Trinajstić information content (AvgIpc) is 2.88. The van der Waals surface area contributed by atoms with Gasteiger partial charge in [0.2, 0.25) is 0 Å². The topological polar surface area (TPSA) is 55.0 Å². The zero-order chi connectivity index (χ0) is 14.8. The van der Waals surface area contributed by atoms with Crippen LogP contribution in [0.4, 0.5) is 13.2 Å². The summed E-state index contributed by atoms with van der Waals surface area (Å²) in [5.41, 5.74) is -0.122. The Hall–Kier alpha value is -2.31. The van der Waals surface area contributed by atoms with Crippen molar-refractivity contribution in [3.63, 3.8) is 0 Å². The Morgan fingerprint density at radius 3 is 2.75 bits per heavy atom. The molecule has 0 bridgehead atoms. The van der Waals surface area contributed by atoms with Gasteiger partial charge in [-0.1, -0.05) is 12.1 Å². The van der Waals surface area contributed by atoms with Crippen LogP contribution in [0.1, 0.15) is 23.0 Å². The molecule has 0 fully saturated rings. The predicted octanol–water partition coefficient (Wildman–Crippen LogP) is 3.27. The highest BCUT2D eigenvalue weighted by Gasteiger charge is 2.30. The van der Waals surface area contributed by atoms with Gasteiger partial charge in [0, 0.05) is 5.56 Å². The third-order valence-corrected chi connectivity index (χ3v) is 2.56. The molecule has 0 saturated heterocycles. The van der Waals surface area contributed by atoms with E-state index >= 15 is 0 Å². The lowest BCUT2D eigenvalue weighted by Gasteiger charge is -2.07. The summed E-state index contributed by atoms with van der Waals surface area (Å²) in [6.45, 7) is 1.85. The minimum Gasteiger partial charge on any atom is -0.461 e. The van der Waals surface area contributed by atoms with Crippen molar-refractivity contribution < 1.29 is 22.7 Å². The van der Waals surface area contributed by atoms with Crippen molar-refractivity contribution in [3.8, 4) is 11.3 Å². The first-order valence-corrected chi connectivity index (χ1v) is 5.82. The van der Waals surface area contributed by atoms with Crippen LogP contribution in [0.3, 0.4) is 0 Å². The maximum absolute atomic E-state index is 12.6. The second kappa shape index (κ2) is 5.36. The standard InChI is InChI=1S/C13H11F3N2O2/c1-2-20-12(19)11-7-10(17-18-11)8-4-3-5-9(6-8)13(14,15)16/h3-7H,2H2,1H3,(H,17,18). The average molecular weight is 284 g/mol. The van der Waals surface area contributed by atoms with Crippen LogP contribution in [0, 0.1) is 0 Å². The van der Waals surface area contributed by atoms with Crippen molar-refractivity contribution in [3.05, 3.63) is 41.6 Å². The predicted molar refractivity (Wildman–Crippen MR) is 65.0 cm³/mol. The number of hydrogen-bond donors (Lipinski definition) is 1. The second-order valence-corrected chi connectivity index (χ2v) is 3.97. The van der Waals surface area contributed by atoms with Crippen molar-refractivity contribution >= 4 is 5.97 Å². The molecule has 0 unspecified atom stereocenters. The molecule has 0 aliphatic rings. The van der Waals surface area contributed by atoms with Crippen LogP contribution in [-0.2, 0) is 10.9 Å². The number of aromatic nitrogens is 2. The summed E-state index contributed by atoms with van der Waals surface area (Å²) in [5.74, 6) is -0.623. The van der Waals surface area contributed by atoms with E-state index in [0.717, 1.165) is 12.1 Å². The molecule has 7 heteroatoms. The number of rotatable bonds is 3. The van der Waals surface area contributed by atoms with E-state index in [1.807, 2.05) is 0 Å². The number of carbonyl (C=O) groups is 1. The van der Waals surface area contributed by atoms with Crippen molar-refractivity contribution in [2.45, 2.75) is 13.1 Å². The van der Waals surface area contributed by atoms with Crippen LogP contribution >= 0.6 is 0 Å². The number of halogens is 3. The number of carbonyl (C=O) groups excluding carboxylic acids is 1.